The van der Waals surface area contributed by atoms with E-state index in [0.29, 0.717) is 37.9 Å². The van der Waals surface area contributed by atoms with E-state index in [9.17, 15) is 43.0 Å². The number of benzene rings is 5. The molecule has 0 spiro atoms. The van der Waals surface area contributed by atoms with Crippen molar-refractivity contribution in [3.05, 3.63) is 292 Å². The molecule has 0 aromatic heterocycles. The smallest absolute Gasteiger partial charge is 0.304 e. The molecule has 0 radical (unpaired) electrons. The standard InChI is InChI=1S/C16H9Cl2N3O.C16H6F5N3O.C14H11N5O.C11H9N3O.C11H8N2O.C10H6N2O3.C10H6N2O2/c1-9-11(7-19)15(14(8-20)21-3)22-16(9,2)10-4-5-12(17)13(18)6-10;1-6-7(4-22)15(8(5-23)24-3)25-16(6,2)9-10(17)12(19)14(21)13(20)11(9)18;1-8-10(6-17)13(20-14(8,2)3)11(7-18)12(19)9(4-15)5-16;1-7-8(5-12)10(9(6-13)14-4)15-11(7,2)3;1-14-11-4-2-9(3-5-11)6-10(7-12)8-13;11-4-7(5-12)1-6-2-8(13)10(15)9(14)3-6;11-5-8(6-12)3-7-1-2-9(13)10(14)4-7/h4-6H,1-2H3;1-2H3;19H2,1-3H3;1-3H3;2-6H,1H3;1-3,13-15H;1-4,13-14H/b15-14-;15-8-;13-11-;10-9-;;;. The van der Waals surface area contributed by atoms with Gasteiger partial charge in [-0.15, -0.1) is 0 Å². The second kappa shape index (κ2) is 44.0. The van der Waals surface area contributed by atoms with Crippen molar-refractivity contribution < 1.29 is 71.2 Å². The molecule has 5 aromatic rings. The third-order valence-corrected chi connectivity index (χ3v) is 18.6. The molecule has 4 aliphatic heterocycles. The lowest BCUT2D eigenvalue weighted by molar-refractivity contribution is 0.0632. The molecule has 30 nitrogen and oxygen atoms in total. The summed E-state index contributed by atoms with van der Waals surface area (Å²) >= 11 is 12.0. The number of methoxy groups -OCH3 is 1. The maximum Gasteiger partial charge on any atom is 0.304 e. The van der Waals surface area contributed by atoms with Crippen LogP contribution in [0.3, 0.4) is 0 Å². The average Bonchev–Trinajstić information content (AvgIpc) is 1.33. The van der Waals surface area contributed by atoms with Crippen molar-refractivity contribution in [3.8, 4) is 132 Å². The first-order valence-electron chi connectivity index (χ1n) is 34.1. The van der Waals surface area contributed by atoms with Gasteiger partial charge in [0.25, 0.3) is 0 Å². The Morgan fingerprint density at radius 3 is 1.13 bits per heavy atom. The van der Waals surface area contributed by atoms with Crippen LogP contribution in [-0.2, 0) is 30.1 Å². The molecule has 125 heavy (non-hydrogen) atoms. The van der Waals surface area contributed by atoms with E-state index in [1.54, 1.807) is 178 Å². The Kier molecular flexibility index (Phi) is 35.4. The van der Waals surface area contributed by atoms with Gasteiger partial charge in [-0.05, 0) is 175 Å². The van der Waals surface area contributed by atoms with E-state index in [1.807, 2.05) is 18.2 Å². The lowest BCUT2D eigenvalue weighted by atomic mass is 9.86. The predicted molar refractivity (Wildman–Crippen MR) is 428 cm³/mol. The molecule has 4 aliphatic rings. The number of hydrogen-bond donors (Lipinski definition) is 6. The minimum atomic E-state index is -2.34. The first kappa shape index (κ1) is 101. The van der Waals surface area contributed by atoms with E-state index >= 15 is 0 Å². The van der Waals surface area contributed by atoms with E-state index in [2.05, 4.69) is 14.5 Å². The van der Waals surface area contributed by atoms with Crippen molar-refractivity contribution in [2.24, 2.45) is 5.73 Å². The molecule has 0 saturated carbocycles. The zero-order valence-electron chi connectivity index (χ0n) is 66.7. The van der Waals surface area contributed by atoms with Gasteiger partial charge in [-0.2, -0.15) is 68.4 Å². The van der Waals surface area contributed by atoms with Crippen LogP contribution in [0.5, 0.6) is 34.5 Å². The lowest BCUT2D eigenvalue weighted by Gasteiger charge is -2.28. The molecule has 5 aromatic carbocycles. The molecule has 0 saturated heterocycles. The molecule has 0 aliphatic carbocycles. The molecule has 4 heterocycles. The Bertz CT molecular complexity index is 6500. The van der Waals surface area contributed by atoms with E-state index in [0.717, 1.165) is 35.9 Å². The summed E-state index contributed by atoms with van der Waals surface area (Å²) in [6, 6.07) is 46.2. The van der Waals surface area contributed by atoms with Gasteiger partial charge < -0.3 is 55.0 Å². The zero-order chi connectivity index (χ0) is 95.1. The summed E-state index contributed by atoms with van der Waals surface area (Å²) in [7, 11) is 1.58. The third kappa shape index (κ3) is 23.0. The van der Waals surface area contributed by atoms with Gasteiger partial charge in [0.15, 0.2) is 91.8 Å². The largest absolute Gasteiger partial charge is 0.504 e. The molecule has 7 N–H and O–H groups in total. The lowest BCUT2D eigenvalue weighted by Crippen LogP contribution is -2.28. The Balaban J connectivity index is 0.000000381. The number of rotatable bonds is 7. The number of allylic oxidation sites excluding steroid dienone is 12. The van der Waals surface area contributed by atoms with Gasteiger partial charge in [0.05, 0.1) is 88.6 Å². The van der Waals surface area contributed by atoms with Crippen LogP contribution in [0.25, 0.3) is 32.8 Å². The summed E-state index contributed by atoms with van der Waals surface area (Å²) in [6.07, 6.45) is 4.03. The van der Waals surface area contributed by atoms with E-state index in [4.69, 9.17) is 161 Å². The summed E-state index contributed by atoms with van der Waals surface area (Å²) in [5.74, 6) is -12.8. The van der Waals surface area contributed by atoms with Crippen molar-refractivity contribution in [2.45, 2.75) is 91.6 Å². The highest BCUT2D eigenvalue weighted by atomic mass is 35.5. The molecule has 616 valence electrons. The first-order valence-corrected chi connectivity index (χ1v) is 34.8. The fraction of sp³-hybridized carbons (Fsp3) is 0.170. The number of phenolic OH excluding ortho intramolecular Hbond substituents is 5. The summed E-state index contributed by atoms with van der Waals surface area (Å²) in [5, 5.41) is 187. The molecular formula is C88H55Cl2F5N20O10. The minimum Gasteiger partial charge on any atom is -0.504 e. The van der Waals surface area contributed by atoms with Crippen LogP contribution in [0.4, 0.5) is 22.0 Å². The van der Waals surface area contributed by atoms with Crippen LogP contribution < -0.4 is 10.5 Å². The summed E-state index contributed by atoms with van der Waals surface area (Å²) in [6.45, 7) is 37.0. The molecular weight excluding hydrogens is 1660 g/mol. The van der Waals surface area contributed by atoms with Gasteiger partial charge in [-0.25, -0.2) is 52.3 Å². The quantitative estimate of drug-likeness (QED) is 0.0220. The second-order valence-corrected chi connectivity index (χ2v) is 26.6. The number of phenols is 5. The Hall–Kier alpha value is -18.7. The number of nitriles is 16. The highest BCUT2D eigenvalue weighted by molar-refractivity contribution is 6.42. The first-order chi connectivity index (χ1) is 58.9. The highest BCUT2D eigenvalue weighted by Crippen LogP contribution is 2.50. The minimum absolute atomic E-state index is 0.00562. The van der Waals surface area contributed by atoms with E-state index in [-0.39, 0.29) is 96.0 Å². The predicted octanol–water partition coefficient (Wildman–Crippen LogP) is 17.7. The number of hydrogen-bond acceptors (Lipinski definition) is 27. The normalized spacial score (nSPS) is 16.5. The molecule has 2 atom stereocenters. The molecule has 0 amide bonds. The van der Waals surface area contributed by atoms with Crippen LogP contribution in [0.15, 0.2) is 191 Å². The highest BCUT2D eigenvalue weighted by Gasteiger charge is 2.49. The second-order valence-electron chi connectivity index (χ2n) is 25.8. The maximum absolute atomic E-state index is 14.1. The molecule has 9 rings (SSSR count). The maximum atomic E-state index is 14.1. The van der Waals surface area contributed by atoms with Crippen molar-refractivity contribution in [1.29, 1.82) is 84.2 Å². The van der Waals surface area contributed by atoms with Gasteiger partial charge >= 0.3 is 17.1 Å². The Labute approximate surface area is 721 Å². The summed E-state index contributed by atoms with van der Waals surface area (Å²) in [5.41, 5.74) is 1.98. The topological polar surface area (TPSA) is 567 Å². The molecule has 37 heteroatoms. The number of halogens is 7. The SMILES string of the molecule is CC1=C(C#N)/C(=C(\C#N)C(N)=C(C#N)C#N)OC1(C)C.COc1ccc(C=C(C#N)C#N)cc1.N#CC(C#N)=Cc1cc(O)c(O)c(O)c1.N#CC(C#N)=Cc1ccc(O)c(O)c1.[C-]#[N+]/C(C#N)=C1\OC(C)(C)C(C)=C1C#N.[C-]#[N+]/C(C#N)=C1\OC(C)(c2c(F)c(F)c(F)c(F)c2F)C(C)=C1C#N.[C-]#[N+]/C(C#N)=C1\OC(C)(c2ccc(Cl)c(Cl)c2)C(C)=C1C#N. The van der Waals surface area contributed by atoms with E-state index in [1.165, 1.54) is 49.4 Å². The molecule has 0 fully saturated rings. The van der Waals surface area contributed by atoms with Crippen molar-refractivity contribution >= 4 is 41.4 Å². The third-order valence-electron chi connectivity index (χ3n) is 17.8. The van der Waals surface area contributed by atoms with Gasteiger partial charge in [0.2, 0.25) is 5.82 Å². The van der Waals surface area contributed by atoms with Gasteiger partial charge in [-0.3, -0.25) is 0 Å². The number of nitrogens with zero attached hydrogens (tertiary/aromatic N) is 19. The van der Waals surface area contributed by atoms with Crippen LogP contribution in [0.2, 0.25) is 10.0 Å². The van der Waals surface area contributed by atoms with Crippen LogP contribution in [0.1, 0.15) is 97.1 Å². The Morgan fingerprint density at radius 1 is 0.408 bits per heavy atom. The molecule has 2 unspecified atom stereocenters. The number of aromatic hydroxyl groups is 5. The van der Waals surface area contributed by atoms with Gasteiger partial charge in [0, 0.05) is 5.56 Å². The van der Waals surface area contributed by atoms with Crippen molar-refractivity contribution in [1.82, 2.24) is 0 Å². The summed E-state index contributed by atoms with van der Waals surface area (Å²) in [4.78, 5) is 9.01. The van der Waals surface area contributed by atoms with Crippen LogP contribution in [-0.4, -0.2) is 43.8 Å². The van der Waals surface area contributed by atoms with E-state index < -0.39 is 91.3 Å². The van der Waals surface area contributed by atoms with Crippen LogP contribution >= 0.6 is 23.2 Å². The summed E-state index contributed by atoms with van der Waals surface area (Å²) < 4.78 is 95.6. The van der Waals surface area contributed by atoms with Crippen LogP contribution in [0, 0.1) is 230 Å². The monoisotopic (exact) mass is 1720 g/mol. The number of nitrogens with two attached hydrogens (primary N) is 1. The van der Waals surface area contributed by atoms with Crippen molar-refractivity contribution in [2.75, 3.05) is 7.11 Å². The fourth-order valence-corrected chi connectivity index (χ4v) is 10.7. The fourth-order valence-electron chi connectivity index (χ4n) is 10.4. The zero-order valence-corrected chi connectivity index (χ0v) is 68.2. The Morgan fingerprint density at radius 2 is 0.760 bits per heavy atom. The van der Waals surface area contributed by atoms with Crippen molar-refractivity contribution in [3.63, 3.8) is 0 Å². The average molecular weight is 1720 g/mol. The van der Waals surface area contributed by atoms with Gasteiger partial charge in [-0.1, -0.05) is 47.5 Å². The van der Waals surface area contributed by atoms with Gasteiger partial charge in [0.1, 0.15) is 118 Å². The molecule has 0 bridgehead atoms. The number of ether oxygens (including phenoxy) is 5.